The molecule has 1 aromatic carbocycles. The van der Waals surface area contributed by atoms with Crippen molar-refractivity contribution in [3.8, 4) is 0 Å². The van der Waals surface area contributed by atoms with Crippen LogP contribution in [0.25, 0.3) is 11.0 Å². The highest BCUT2D eigenvalue weighted by molar-refractivity contribution is 5.78. The standard InChI is InChI=1S/C16H20FNO/c1-10-2-3-11(9-18)14(6-10)16-8-12-7-13(17)4-5-15(12)19-16/h4-5,7-8,10-11,14H,2-3,6,9,18H2,1H3. The molecule has 1 heterocycles. The van der Waals surface area contributed by atoms with Crippen molar-refractivity contribution in [2.45, 2.75) is 32.1 Å². The van der Waals surface area contributed by atoms with E-state index < -0.39 is 0 Å². The Morgan fingerprint density at radius 1 is 1.32 bits per heavy atom. The Morgan fingerprint density at radius 2 is 2.16 bits per heavy atom. The third-order valence-corrected chi connectivity index (χ3v) is 4.42. The van der Waals surface area contributed by atoms with E-state index in [2.05, 4.69) is 6.92 Å². The summed E-state index contributed by atoms with van der Waals surface area (Å²) in [6.07, 6.45) is 3.52. The van der Waals surface area contributed by atoms with Crippen molar-refractivity contribution in [2.75, 3.05) is 6.54 Å². The first-order valence-electron chi connectivity index (χ1n) is 7.06. The van der Waals surface area contributed by atoms with Gasteiger partial charge in [-0.25, -0.2) is 4.39 Å². The SMILES string of the molecule is CC1CCC(CN)C(c2cc3cc(F)ccc3o2)C1. The molecule has 1 aliphatic rings. The van der Waals surface area contributed by atoms with Crippen LogP contribution in [0, 0.1) is 17.7 Å². The van der Waals surface area contributed by atoms with Crippen LogP contribution in [-0.4, -0.2) is 6.54 Å². The lowest BCUT2D eigenvalue weighted by Crippen LogP contribution is -2.27. The molecule has 1 saturated carbocycles. The van der Waals surface area contributed by atoms with Crippen LogP contribution in [0.3, 0.4) is 0 Å². The zero-order valence-electron chi connectivity index (χ0n) is 11.2. The third-order valence-electron chi connectivity index (χ3n) is 4.42. The first kappa shape index (κ1) is 12.7. The summed E-state index contributed by atoms with van der Waals surface area (Å²) in [7, 11) is 0. The van der Waals surface area contributed by atoms with Gasteiger partial charge in [-0.3, -0.25) is 0 Å². The summed E-state index contributed by atoms with van der Waals surface area (Å²) >= 11 is 0. The van der Waals surface area contributed by atoms with Gasteiger partial charge in [0, 0.05) is 11.3 Å². The molecule has 0 bridgehead atoms. The van der Waals surface area contributed by atoms with E-state index in [4.69, 9.17) is 10.2 Å². The molecule has 0 saturated heterocycles. The Kier molecular flexibility index (Phi) is 3.31. The van der Waals surface area contributed by atoms with Crippen molar-refractivity contribution in [3.05, 3.63) is 35.8 Å². The van der Waals surface area contributed by atoms with Crippen molar-refractivity contribution < 1.29 is 8.81 Å². The summed E-state index contributed by atoms with van der Waals surface area (Å²) < 4.78 is 19.2. The number of hydrogen-bond acceptors (Lipinski definition) is 2. The summed E-state index contributed by atoms with van der Waals surface area (Å²) in [5.74, 6) is 2.33. The largest absolute Gasteiger partial charge is 0.461 e. The molecule has 2 N–H and O–H groups in total. The van der Waals surface area contributed by atoms with Gasteiger partial charge in [-0.1, -0.05) is 13.3 Å². The van der Waals surface area contributed by atoms with Gasteiger partial charge < -0.3 is 10.2 Å². The number of hydrogen-bond donors (Lipinski definition) is 1. The van der Waals surface area contributed by atoms with Crippen LogP contribution >= 0.6 is 0 Å². The van der Waals surface area contributed by atoms with Crippen molar-refractivity contribution in [3.63, 3.8) is 0 Å². The highest BCUT2D eigenvalue weighted by Gasteiger charge is 2.31. The van der Waals surface area contributed by atoms with E-state index in [0.29, 0.717) is 24.3 Å². The minimum atomic E-state index is -0.216. The molecule has 3 atom stereocenters. The van der Waals surface area contributed by atoms with E-state index in [1.54, 1.807) is 6.07 Å². The van der Waals surface area contributed by atoms with Gasteiger partial charge in [0.2, 0.25) is 0 Å². The molecule has 2 nitrogen and oxygen atoms in total. The monoisotopic (exact) mass is 261 g/mol. The summed E-state index contributed by atoms with van der Waals surface area (Å²) in [5, 5.41) is 0.851. The average molecular weight is 261 g/mol. The molecule has 1 fully saturated rings. The normalized spacial score (nSPS) is 27.8. The molecule has 0 aliphatic heterocycles. The van der Waals surface area contributed by atoms with Crippen LogP contribution in [0.5, 0.6) is 0 Å². The third kappa shape index (κ3) is 2.39. The van der Waals surface area contributed by atoms with E-state index >= 15 is 0 Å². The quantitative estimate of drug-likeness (QED) is 0.885. The van der Waals surface area contributed by atoms with Crippen LogP contribution in [0.15, 0.2) is 28.7 Å². The van der Waals surface area contributed by atoms with Crippen LogP contribution in [0.2, 0.25) is 0 Å². The number of furan rings is 1. The van der Waals surface area contributed by atoms with Gasteiger partial charge >= 0.3 is 0 Å². The number of fused-ring (bicyclic) bond motifs is 1. The van der Waals surface area contributed by atoms with Crippen molar-refractivity contribution >= 4 is 11.0 Å². The fourth-order valence-corrected chi connectivity index (χ4v) is 3.29. The molecule has 3 heteroatoms. The average Bonchev–Trinajstić information content (AvgIpc) is 2.81. The Hall–Kier alpha value is -1.35. The second-order valence-electron chi connectivity index (χ2n) is 5.85. The first-order chi connectivity index (χ1) is 9.17. The number of halogens is 1. The highest BCUT2D eigenvalue weighted by atomic mass is 19.1. The maximum Gasteiger partial charge on any atom is 0.134 e. The minimum absolute atomic E-state index is 0.216. The molecule has 3 unspecified atom stereocenters. The second kappa shape index (κ2) is 4.97. The maximum absolute atomic E-state index is 13.2. The maximum atomic E-state index is 13.2. The number of benzene rings is 1. The Morgan fingerprint density at radius 3 is 2.95 bits per heavy atom. The van der Waals surface area contributed by atoms with Gasteiger partial charge in [-0.05, 0) is 55.5 Å². The molecule has 3 rings (SSSR count). The topological polar surface area (TPSA) is 39.2 Å². The summed E-state index contributed by atoms with van der Waals surface area (Å²) in [4.78, 5) is 0. The smallest absolute Gasteiger partial charge is 0.134 e. The highest BCUT2D eigenvalue weighted by Crippen LogP contribution is 2.41. The van der Waals surface area contributed by atoms with Crippen LogP contribution in [-0.2, 0) is 0 Å². The van der Waals surface area contributed by atoms with Gasteiger partial charge in [0.05, 0.1) is 0 Å². The Balaban J connectivity index is 1.97. The van der Waals surface area contributed by atoms with Gasteiger partial charge in [-0.2, -0.15) is 0 Å². The molecule has 2 aromatic rings. The summed E-state index contributed by atoms with van der Waals surface area (Å²) in [5.41, 5.74) is 6.66. The van der Waals surface area contributed by atoms with Gasteiger partial charge in [0.25, 0.3) is 0 Å². The summed E-state index contributed by atoms with van der Waals surface area (Å²) in [6, 6.07) is 6.67. The molecule has 102 valence electrons. The molecular formula is C16H20FNO. The molecule has 0 radical (unpaired) electrons. The lowest BCUT2D eigenvalue weighted by atomic mass is 9.73. The van der Waals surface area contributed by atoms with Gasteiger partial charge in [0.1, 0.15) is 17.2 Å². The number of nitrogens with two attached hydrogens (primary N) is 1. The lowest BCUT2D eigenvalue weighted by molar-refractivity contribution is 0.231. The minimum Gasteiger partial charge on any atom is -0.461 e. The molecule has 19 heavy (non-hydrogen) atoms. The van der Waals surface area contributed by atoms with Crippen LogP contribution in [0.4, 0.5) is 4.39 Å². The van der Waals surface area contributed by atoms with Gasteiger partial charge in [0.15, 0.2) is 0 Å². The van der Waals surface area contributed by atoms with Crippen molar-refractivity contribution in [1.82, 2.24) is 0 Å². The Labute approximate surface area is 112 Å². The zero-order chi connectivity index (χ0) is 13.4. The lowest BCUT2D eigenvalue weighted by Gasteiger charge is -2.32. The van der Waals surface area contributed by atoms with E-state index in [0.717, 1.165) is 29.6 Å². The molecule has 0 amide bonds. The fraction of sp³-hybridized carbons (Fsp3) is 0.500. The van der Waals surface area contributed by atoms with E-state index in [1.807, 2.05) is 6.07 Å². The van der Waals surface area contributed by atoms with Crippen molar-refractivity contribution in [1.29, 1.82) is 0 Å². The Bertz CT molecular complexity index is 577. The van der Waals surface area contributed by atoms with Crippen LogP contribution < -0.4 is 5.73 Å². The molecule has 0 spiro atoms. The van der Waals surface area contributed by atoms with Gasteiger partial charge in [-0.15, -0.1) is 0 Å². The molecular weight excluding hydrogens is 241 g/mol. The van der Waals surface area contributed by atoms with Crippen molar-refractivity contribution in [2.24, 2.45) is 17.6 Å². The molecule has 1 aliphatic carbocycles. The first-order valence-corrected chi connectivity index (χ1v) is 7.06. The predicted octanol–water partition coefficient (Wildman–Crippen LogP) is 4.05. The van der Waals surface area contributed by atoms with Crippen LogP contribution in [0.1, 0.15) is 37.9 Å². The van der Waals surface area contributed by atoms with E-state index in [9.17, 15) is 4.39 Å². The number of rotatable bonds is 2. The van der Waals surface area contributed by atoms with E-state index in [-0.39, 0.29) is 5.82 Å². The zero-order valence-corrected chi connectivity index (χ0v) is 11.2. The fourth-order valence-electron chi connectivity index (χ4n) is 3.29. The predicted molar refractivity (Wildman–Crippen MR) is 74.5 cm³/mol. The molecule has 1 aromatic heterocycles. The van der Waals surface area contributed by atoms with E-state index in [1.165, 1.54) is 18.6 Å². The second-order valence-corrected chi connectivity index (χ2v) is 5.85. The summed E-state index contributed by atoms with van der Waals surface area (Å²) in [6.45, 7) is 2.98.